The number of para-hydroxylation sites is 1. The number of ether oxygens (including phenoxy) is 1. The Bertz CT molecular complexity index is 1140. The number of carbonyl (C=O) groups is 2. The molecule has 37 heavy (non-hydrogen) atoms. The van der Waals surface area contributed by atoms with Gasteiger partial charge in [-0.05, 0) is 41.5 Å². The SMILES string of the molecule is Cc1ccc(CN(C(=O)COc2ccccc2C(C)C)C(Cc2ccccc2)C(=O)NCC(C)C)cc1. The fourth-order valence-electron chi connectivity index (χ4n) is 4.18. The minimum absolute atomic E-state index is 0.141. The maximum atomic E-state index is 13.8. The number of hydrogen-bond donors (Lipinski definition) is 1. The summed E-state index contributed by atoms with van der Waals surface area (Å²) in [6, 6.07) is 25.0. The Labute approximate surface area is 221 Å². The molecule has 0 bridgehead atoms. The van der Waals surface area contributed by atoms with Crippen molar-refractivity contribution in [1.29, 1.82) is 0 Å². The molecule has 0 spiro atoms. The van der Waals surface area contributed by atoms with Crippen molar-refractivity contribution in [3.05, 3.63) is 101 Å². The summed E-state index contributed by atoms with van der Waals surface area (Å²) in [5.74, 6) is 0.895. The quantitative estimate of drug-likeness (QED) is 0.336. The lowest BCUT2D eigenvalue weighted by Gasteiger charge is -2.32. The van der Waals surface area contributed by atoms with Gasteiger partial charge in [0.15, 0.2) is 6.61 Å². The number of nitrogens with zero attached hydrogens (tertiary/aromatic N) is 1. The summed E-state index contributed by atoms with van der Waals surface area (Å²) in [7, 11) is 0. The highest BCUT2D eigenvalue weighted by atomic mass is 16.5. The zero-order valence-corrected chi connectivity index (χ0v) is 22.7. The van der Waals surface area contributed by atoms with Crippen molar-refractivity contribution < 1.29 is 14.3 Å². The molecule has 0 aliphatic carbocycles. The molecule has 5 heteroatoms. The van der Waals surface area contributed by atoms with E-state index in [1.54, 1.807) is 4.90 Å². The number of rotatable bonds is 12. The van der Waals surface area contributed by atoms with Crippen molar-refractivity contribution >= 4 is 11.8 Å². The standard InChI is InChI=1S/C32H40N2O3/c1-23(2)20-33-32(36)29(19-26-11-7-6-8-12-26)34(21-27-17-15-25(5)16-18-27)31(35)22-37-30-14-10-9-13-28(30)24(3)4/h6-18,23-24,29H,19-22H2,1-5H3,(H,33,36). The van der Waals surface area contributed by atoms with E-state index >= 15 is 0 Å². The molecule has 196 valence electrons. The summed E-state index contributed by atoms with van der Waals surface area (Å²) in [4.78, 5) is 29.0. The molecule has 0 heterocycles. The minimum atomic E-state index is -0.668. The zero-order valence-electron chi connectivity index (χ0n) is 22.7. The van der Waals surface area contributed by atoms with Gasteiger partial charge in [0.2, 0.25) is 5.91 Å². The predicted octanol–water partition coefficient (Wildman–Crippen LogP) is 5.91. The second-order valence-corrected chi connectivity index (χ2v) is 10.3. The van der Waals surface area contributed by atoms with Crippen LogP contribution in [-0.4, -0.2) is 35.9 Å². The van der Waals surface area contributed by atoms with E-state index in [0.29, 0.717) is 31.2 Å². The fourth-order valence-corrected chi connectivity index (χ4v) is 4.18. The third-order valence-electron chi connectivity index (χ3n) is 6.32. The molecule has 0 saturated carbocycles. The molecule has 1 N–H and O–H groups in total. The van der Waals surface area contributed by atoms with Crippen molar-refractivity contribution in [2.45, 2.75) is 59.5 Å². The number of carbonyl (C=O) groups excluding carboxylic acids is 2. The van der Waals surface area contributed by atoms with Gasteiger partial charge in [0.25, 0.3) is 5.91 Å². The molecule has 0 saturated heterocycles. The Hall–Kier alpha value is -3.60. The smallest absolute Gasteiger partial charge is 0.261 e. The third kappa shape index (κ3) is 8.49. The molecular weight excluding hydrogens is 460 g/mol. The fraction of sp³-hybridized carbons (Fsp3) is 0.375. The number of hydrogen-bond acceptors (Lipinski definition) is 3. The van der Waals surface area contributed by atoms with Crippen molar-refractivity contribution in [2.24, 2.45) is 5.92 Å². The first-order chi connectivity index (χ1) is 17.7. The lowest BCUT2D eigenvalue weighted by atomic mass is 10.0. The van der Waals surface area contributed by atoms with E-state index < -0.39 is 6.04 Å². The largest absolute Gasteiger partial charge is 0.483 e. The third-order valence-corrected chi connectivity index (χ3v) is 6.32. The van der Waals surface area contributed by atoms with Gasteiger partial charge >= 0.3 is 0 Å². The van der Waals surface area contributed by atoms with Crippen LogP contribution in [0.5, 0.6) is 5.75 Å². The van der Waals surface area contributed by atoms with Crippen LogP contribution in [0.3, 0.4) is 0 Å². The molecule has 0 radical (unpaired) electrons. The number of amides is 2. The molecular formula is C32H40N2O3. The molecule has 2 amide bonds. The second-order valence-electron chi connectivity index (χ2n) is 10.3. The molecule has 1 atom stereocenters. The van der Waals surface area contributed by atoms with E-state index in [2.05, 4.69) is 33.0 Å². The van der Waals surface area contributed by atoms with Gasteiger partial charge in [0.1, 0.15) is 11.8 Å². The Morgan fingerprint density at radius 3 is 2.14 bits per heavy atom. The summed E-state index contributed by atoms with van der Waals surface area (Å²) < 4.78 is 6.05. The average molecular weight is 501 g/mol. The van der Waals surface area contributed by atoms with Crippen molar-refractivity contribution in [3.8, 4) is 5.75 Å². The van der Waals surface area contributed by atoms with Crippen LogP contribution in [0.1, 0.15) is 55.9 Å². The Morgan fingerprint density at radius 1 is 0.838 bits per heavy atom. The first-order valence-corrected chi connectivity index (χ1v) is 13.1. The number of benzene rings is 3. The lowest BCUT2D eigenvalue weighted by molar-refractivity contribution is -0.142. The Morgan fingerprint density at radius 2 is 1.49 bits per heavy atom. The lowest BCUT2D eigenvalue weighted by Crippen LogP contribution is -2.52. The highest BCUT2D eigenvalue weighted by Gasteiger charge is 2.31. The van der Waals surface area contributed by atoms with Crippen molar-refractivity contribution in [1.82, 2.24) is 10.2 Å². The van der Waals surface area contributed by atoms with E-state index in [1.165, 1.54) is 0 Å². The van der Waals surface area contributed by atoms with Gasteiger partial charge in [-0.15, -0.1) is 0 Å². The number of aryl methyl sites for hydroxylation is 1. The topological polar surface area (TPSA) is 58.6 Å². The van der Waals surface area contributed by atoms with Crippen LogP contribution in [0.4, 0.5) is 0 Å². The highest BCUT2D eigenvalue weighted by molar-refractivity contribution is 5.88. The maximum absolute atomic E-state index is 13.8. The summed E-state index contributed by atoms with van der Waals surface area (Å²) >= 11 is 0. The molecule has 0 fully saturated rings. The molecule has 1 unspecified atom stereocenters. The van der Waals surface area contributed by atoms with Gasteiger partial charge in [-0.1, -0.05) is 106 Å². The predicted molar refractivity (Wildman–Crippen MR) is 150 cm³/mol. The first kappa shape index (κ1) is 28.0. The Balaban J connectivity index is 1.91. The van der Waals surface area contributed by atoms with Gasteiger partial charge < -0.3 is 15.0 Å². The summed E-state index contributed by atoms with van der Waals surface area (Å²) in [6.45, 7) is 11.1. The van der Waals surface area contributed by atoms with Crippen LogP contribution in [0.25, 0.3) is 0 Å². The van der Waals surface area contributed by atoms with Gasteiger partial charge in [-0.3, -0.25) is 9.59 Å². The van der Waals surface area contributed by atoms with E-state index in [9.17, 15) is 9.59 Å². The highest BCUT2D eigenvalue weighted by Crippen LogP contribution is 2.26. The van der Waals surface area contributed by atoms with Gasteiger partial charge in [-0.25, -0.2) is 0 Å². The number of nitrogens with one attached hydrogen (secondary N) is 1. The summed E-state index contributed by atoms with van der Waals surface area (Å²) in [5, 5.41) is 3.06. The molecule has 0 aliphatic rings. The van der Waals surface area contributed by atoms with E-state index in [0.717, 1.165) is 22.3 Å². The van der Waals surface area contributed by atoms with Gasteiger partial charge in [0, 0.05) is 19.5 Å². The second kappa shape index (κ2) is 13.6. The van der Waals surface area contributed by atoms with E-state index in [-0.39, 0.29) is 24.3 Å². The van der Waals surface area contributed by atoms with E-state index in [4.69, 9.17) is 4.74 Å². The van der Waals surface area contributed by atoms with Gasteiger partial charge in [-0.2, -0.15) is 0 Å². The van der Waals surface area contributed by atoms with Crippen LogP contribution in [-0.2, 0) is 22.6 Å². The summed E-state index contributed by atoms with van der Waals surface area (Å²) in [6.07, 6.45) is 0.422. The average Bonchev–Trinajstić information content (AvgIpc) is 2.89. The first-order valence-electron chi connectivity index (χ1n) is 13.1. The van der Waals surface area contributed by atoms with Crippen molar-refractivity contribution in [3.63, 3.8) is 0 Å². The van der Waals surface area contributed by atoms with Crippen LogP contribution in [0, 0.1) is 12.8 Å². The molecule has 5 nitrogen and oxygen atoms in total. The zero-order chi connectivity index (χ0) is 26.8. The van der Waals surface area contributed by atoms with Crippen LogP contribution >= 0.6 is 0 Å². The minimum Gasteiger partial charge on any atom is -0.483 e. The molecule has 3 aromatic carbocycles. The van der Waals surface area contributed by atoms with Gasteiger partial charge in [0.05, 0.1) is 0 Å². The monoisotopic (exact) mass is 500 g/mol. The molecule has 3 aromatic rings. The summed E-state index contributed by atoms with van der Waals surface area (Å²) in [5.41, 5.74) is 4.16. The molecule has 0 aromatic heterocycles. The molecule has 0 aliphatic heterocycles. The van der Waals surface area contributed by atoms with Crippen LogP contribution < -0.4 is 10.1 Å². The maximum Gasteiger partial charge on any atom is 0.261 e. The van der Waals surface area contributed by atoms with Crippen LogP contribution in [0.2, 0.25) is 0 Å². The normalized spacial score (nSPS) is 11.9. The van der Waals surface area contributed by atoms with Crippen LogP contribution in [0.15, 0.2) is 78.9 Å². The molecule has 3 rings (SSSR count). The van der Waals surface area contributed by atoms with Crippen molar-refractivity contribution in [2.75, 3.05) is 13.2 Å². The Kier molecular flexibility index (Phi) is 10.3. The van der Waals surface area contributed by atoms with E-state index in [1.807, 2.05) is 85.8 Å².